The molecule has 0 atom stereocenters. The minimum absolute atomic E-state index is 0.0292. The third-order valence-corrected chi connectivity index (χ3v) is 3.41. The fourth-order valence-electron chi connectivity index (χ4n) is 2.10. The maximum atomic E-state index is 12.3. The summed E-state index contributed by atoms with van der Waals surface area (Å²) in [5.74, 6) is 0.554. The summed E-state index contributed by atoms with van der Waals surface area (Å²) in [7, 11) is 0. The molecule has 4 heteroatoms. The molecule has 4 nitrogen and oxygen atoms in total. The SMILES string of the molecule is CC(C)CCNC(=O)c1ccccc1NCc1ccncc1. The summed E-state index contributed by atoms with van der Waals surface area (Å²) in [5.41, 5.74) is 2.66. The largest absolute Gasteiger partial charge is 0.380 e. The van der Waals surface area contributed by atoms with E-state index in [9.17, 15) is 4.79 Å². The third kappa shape index (κ3) is 4.88. The molecule has 0 aliphatic rings. The average Bonchev–Trinajstić information content (AvgIpc) is 2.54. The monoisotopic (exact) mass is 297 g/mol. The Morgan fingerprint density at radius 1 is 1.14 bits per heavy atom. The zero-order valence-electron chi connectivity index (χ0n) is 13.2. The van der Waals surface area contributed by atoms with E-state index >= 15 is 0 Å². The van der Waals surface area contributed by atoms with Gasteiger partial charge in [0, 0.05) is 31.2 Å². The highest BCUT2D eigenvalue weighted by molar-refractivity contribution is 5.99. The molecule has 116 valence electrons. The second kappa shape index (κ2) is 8.17. The molecule has 0 radical (unpaired) electrons. The molecule has 2 N–H and O–H groups in total. The van der Waals surface area contributed by atoms with E-state index in [-0.39, 0.29) is 5.91 Å². The highest BCUT2D eigenvalue weighted by Crippen LogP contribution is 2.16. The van der Waals surface area contributed by atoms with Crippen molar-refractivity contribution in [3.8, 4) is 0 Å². The van der Waals surface area contributed by atoms with Crippen molar-refractivity contribution in [3.05, 3.63) is 59.9 Å². The van der Waals surface area contributed by atoms with Gasteiger partial charge in [-0.15, -0.1) is 0 Å². The Hall–Kier alpha value is -2.36. The second-order valence-corrected chi connectivity index (χ2v) is 5.69. The highest BCUT2D eigenvalue weighted by Gasteiger charge is 2.10. The van der Waals surface area contributed by atoms with Crippen LogP contribution < -0.4 is 10.6 Å². The number of rotatable bonds is 7. The van der Waals surface area contributed by atoms with Crippen LogP contribution in [0.2, 0.25) is 0 Å². The first-order valence-corrected chi connectivity index (χ1v) is 7.67. The number of benzene rings is 1. The summed E-state index contributed by atoms with van der Waals surface area (Å²) in [6, 6.07) is 11.5. The van der Waals surface area contributed by atoms with Gasteiger partial charge in [-0.2, -0.15) is 0 Å². The molecule has 0 spiro atoms. The van der Waals surface area contributed by atoms with Crippen LogP contribution in [0.1, 0.15) is 36.2 Å². The van der Waals surface area contributed by atoms with E-state index in [1.165, 1.54) is 0 Å². The molecular weight excluding hydrogens is 274 g/mol. The van der Waals surface area contributed by atoms with Gasteiger partial charge in [-0.05, 0) is 42.2 Å². The van der Waals surface area contributed by atoms with Crippen LogP contribution in [0.3, 0.4) is 0 Å². The highest BCUT2D eigenvalue weighted by atomic mass is 16.1. The Kier molecular flexibility index (Phi) is 5.95. The summed E-state index contributed by atoms with van der Waals surface area (Å²) in [5, 5.41) is 6.30. The number of hydrogen-bond donors (Lipinski definition) is 2. The predicted octanol–water partition coefficient (Wildman–Crippen LogP) is 3.47. The van der Waals surface area contributed by atoms with E-state index in [1.54, 1.807) is 12.4 Å². The van der Waals surface area contributed by atoms with Crippen LogP contribution in [0.15, 0.2) is 48.8 Å². The van der Waals surface area contributed by atoms with Crippen LogP contribution in [0.4, 0.5) is 5.69 Å². The minimum Gasteiger partial charge on any atom is -0.380 e. The van der Waals surface area contributed by atoms with Gasteiger partial charge >= 0.3 is 0 Å². The second-order valence-electron chi connectivity index (χ2n) is 5.69. The average molecular weight is 297 g/mol. The standard InChI is InChI=1S/C18H23N3O/c1-14(2)7-12-20-18(22)16-5-3-4-6-17(16)21-13-15-8-10-19-11-9-15/h3-6,8-11,14,21H,7,12-13H2,1-2H3,(H,20,22). The molecule has 0 fully saturated rings. The van der Waals surface area contributed by atoms with Gasteiger partial charge in [0.15, 0.2) is 0 Å². The Morgan fingerprint density at radius 2 is 1.86 bits per heavy atom. The van der Waals surface area contributed by atoms with E-state index < -0.39 is 0 Å². The molecule has 1 aromatic heterocycles. The molecule has 0 saturated carbocycles. The number of para-hydroxylation sites is 1. The number of anilines is 1. The maximum absolute atomic E-state index is 12.3. The molecule has 22 heavy (non-hydrogen) atoms. The predicted molar refractivity (Wildman–Crippen MR) is 89.8 cm³/mol. The van der Waals surface area contributed by atoms with Crippen LogP contribution >= 0.6 is 0 Å². The molecule has 0 bridgehead atoms. The Balaban J connectivity index is 1.98. The fourth-order valence-corrected chi connectivity index (χ4v) is 2.10. The van der Waals surface area contributed by atoms with Crippen molar-refractivity contribution >= 4 is 11.6 Å². The summed E-state index contributed by atoms with van der Waals surface area (Å²) in [6.07, 6.45) is 4.52. The number of nitrogens with one attached hydrogen (secondary N) is 2. The van der Waals surface area contributed by atoms with E-state index in [1.807, 2.05) is 36.4 Å². The van der Waals surface area contributed by atoms with Gasteiger partial charge in [0.1, 0.15) is 0 Å². The lowest BCUT2D eigenvalue weighted by Gasteiger charge is -2.13. The van der Waals surface area contributed by atoms with E-state index in [0.29, 0.717) is 24.6 Å². The number of carbonyl (C=O) groups is 1. The van der Waals surface area contributed by atoms with Gasteiger partial charge < -0.3 is 10.6 Å². The van der Waals surface area contributed by atoms with Crippen molar-refractivity contribution in [2.45, 2.75) is 26.8 Å². The van der Waals surface area contributed by atoms with E-state index in [0.717, 1.165) is 17.7 Å². The van der Waals surface area contributed by atoms with Crippen LogP contribution in [0.5, 0.6) is 0 Å². The zero-order valence-corrected chi connectivity index (χ0v) is 13.2. The lowest BCUT2D eigenvalue weighted by Crippen LogP contribution is -2.26. The van der Waals surface area contributed by atoms with E-state index in [2.05, 4.69) is 29.5 Å². The van der Waals surface area contributed by atoms with Crippen molar-refractivity contribution in [2.75, 3.05) is 11.9 Å². The van der Waals surface area contributed by atoms with Gasteiger partial charge in [0.05, 0.1) is 5.56 Å². The number of amides is 1. The Bertz CT molecular complexity index is 596. The van der Waals surface area contributed by atoms with Crippen LogP contribution in [0, 0.1) is 5.92 Å². The van der Waals surface area contributed by atoms with Crippen LogP contribution in [0.25, 0.3) is 0 Å². The van der Waals surface area contributed by atoms with Crippen molar-refractivity contribution < 1.29 is 4.79 Å². The number of nitrogens with zero attached hydrogens (tertiary/aromatic N) is 1. The molecule has 1 amide bonds. The minimum atomic E-state index is -0.0292. The third-order valence-electron chi connectivity index (χ3n) is 3.41. The van der Waals surface area contributed by atoms with Crippen molar-refractivity contribution in [3.63, 3.8) is 0 Å². The Labute approximate surface area is 132 Å². The number of hydrogen-bond acceptors (Lipinski definition) is 3. The van der Waals surface area contributed by atoms with Gasteiger partial charge in [-0.3, -0.25) is 9.78 Å². The number of aromatic nitrogens is 1. The smallest absolute Gasteiger partial charge is 0.253 e. The molecule has 2 rings (SSSR count). The maximum Gasteiger partial charge on any atom is 0.253 e. The van der Waals surface area contributed by atoms with Gasteiger partial charge in [0.2, 0.25) is 0 Å². The van der Waals surface area contributed by atoms with Gasteiger partial charge in [-0.25, -0.2) is 0 Å². The molecule has 1 heterocycles. The zero-order chi connectivity index (χ0) is 15.8. The first-order chi connectivity index (χ1) is 10.7. The fraction of sp³-hybridized carbons (Fsp3) is 0.333. The number of carbonyl (C=O) groups excluding carboxylic acids is 1. The van der Waals surface area contributed by atoms with E-state index in [4.69, 9.17) is 0 Å². The van der Waals surface area contributed by atoms with Crippen LogP contribution in [-0.4, -0.2) is 17.4 Å². The molecule has 0 aliphatic heterocycles. The summed E-state index contributed by atoms with van der Waals surface area (Å²) in [4.78, 5) is 16.3. The molecule has 0 unspecified atom stereocenters. The Morgan fingerprint density at radius 3 is 2.59 bits per heavy atom. The summed E-state index contributed by atoms with van der Waals surface area (Å²) >= 11 is 0. The molecule has 0 aliphatic carbocycles. The molecule has 1 aromatic carbocycles. The molecular formula is C18H23N3O. The van der Waals surface area contributed by atoms with Crippen molar-refractivity contribution in [1.82, 2.24) is 10.3 Å². The van der Waals surface area contributed by atoms with Crippen LogP contribution in [-0.2, 0) is 6.54 Å². The number of pyridine rings is 1. The lowest BCUT2D eigenvalue weighted by molar-refractivity contribution is 0.0953. The normalized spacial score (nSPS) is 10.5. The topological polar surface area (TPSA) is 54.0 Å². The molecule has 0 saturated heterocycles. The summed E-state index contributed by atoms with van der Waals surface area (Å²) < 4.78 is 0. The van der Waals surface area contributed by atoms with Crippen molar-refractivity contribution in [2.24, 2.45) is 5.92 Å². The summed E-state index contributed by atoms with van der Waals surface area (Å²) in [6.45, 7) is 5.67. The van der Waals surface area contributed by atoms with Gasteiger partial charge in [-0.1, -0.05) is 26.0 Å². The van der Waals surface area contributed by atoms with Crippen molar-refractivity contribution in [1.29, 1.82) is 0 Å². The quantitative estimate of drug-likeness (QED) is 0.823. The first kappa shape index (κ1) is 16.0. The lowest BCUT2D eigenvalue weighted by atomic mass is 10.1. The first-order valence-electron chi connectivity index (χ1n) is 7.67. The van der Waals surface area contributed by atoms with Gasteiger partial charge in [0.25, 0.3) is 5.91 Å². The molecule has 2 aromatic rings.